The smallest absolute Gasteiger partial charge is 0.168 e. The van der Waals surface area contributed by atoms with Crippen LogP contribution in [-0.4, -0.2) is 16.1 Å². The minimum Gasteiger partial charge on any atom is -0.296 e. The van der Waals surface area contributed by atoms with Crippen molar-refractivity contribution >= 4 is 6.29 Å². The van der Waals surface area contributed by atoms with Crippen molar-refractivity contribution in [3.05, 3.63) is 41.1 Å². The lowest BCUT2D eigenvalue weighted by Gasteiger charge is -2.03. The summed E-state index contributed by atoms with van der Waals surface area (Å²) in [5.41, 5.74) is 4.89. The molecule has 3 nitrogen and oxygen atoms in total. The highest BCUT2D eigenvalue weighted by Crippen LogP contribution is 2.23. The molecule has 3 heteroatoms. The second-order valence-corrected chi connectivity index (χ2v) is 4.01. The largest absolute Gasteiger partial charge is 0.296 e. The Morgan fingerprint density at radius 2 is 2.00 bits per heavy atom. The zero-order valence-electron chi connectivity index (χ0n) is 9.69. The van der Waals surface area contributed by atoms with Crippen LogP contribution < -0.4 is 0 Å². The van der Waals surface area contributed by atoms with Gasteiger partial charge >= 0.3 is 0 Å². The van der Waals surface area contributed by atoms with Gasteiger partial charge in [0.15, 0.2) is 6.29 Å². The van der Waals surface area contributed by atoms with Gasteiger partial charge in [-0.2, -0.15) is 5.10 Å². The lowest BCUT2D eigenvalue weighted by Crippen LogP contribution is -1.95. The summed E-state index contributed by atoms with van der Waals surface area (Å²) < 4.78 is 1.60. The van der Waals surface area contributed by atoms with Gasteiger partial charge < -0.3 is 0 Å². The molecule has 0 N–H and O–H groups in total. The van der Waals surface area contributed by atoms with E-state index in [1.807, 2.05) is 19.9 Å². The molecule has 82 valence electrons. The number of nitrogens with zero attached hydrogens (tertiary/aromatic N) is 2. The number of benzene rings is 1. The number of aldehydes is 1. The van der Waals surface area contributed by atoms with Crippen molar-refractivity contribution in [2.24, 2.45) is 7.05 Å². The van der Waals surface area contributed by atoms with Crippen LogP contribution in [0.5, 0.6) is 0 Å². The number of aryl methyl sites for hydroxylation is 3. The van der Waals surface area contributed by atoms with E-state index in [-0.39, 0.29) is 0 Å². The number of rotatable bonds is 2. The molecule has 0 spiro atoms. The third kappa shape index (κ3) is 1.76. The Balaban J connectivity index is 2.57. The maximum Gasteiger partial charge on any atom is 0.168 e. The molecule has 1 aromatic carbocycles. The van der Waals surface area contributed by atoms with Crippen LogP contribution in [0.4, 0.5) is 0 Å². The SMILES string of the molecule is Cc1ccc(C)c(-c2cc(C=O)n(C)n2)c1. The summed E-state index contributed by atoms with van der Waals surface area (Å²) in [4.78, 5) is 10.8. The predicted molar refractivity (Wildman–Crippen MR) is 63.5 cm³/mol. The van der Waals surface area contributed by atoms with E-state index in [1.165, 1.54) is 11.1 Å². The van der Waals surface area contributed by atoms with Crippen LogP contribution in [0, 0.1) is 13.8 Å². The molecule has 0 aliphatic rings. The first-order valence-electron chi connectivity index (χ1n) is 5.18. The maximum atomic E-state index is 10.8. The monoisotopic (exact) mass is 214 g/mol. The van der Waals surface area contributed by atoms with Crippen molar-refractivity contribution in [2.75, 3.05) is 0 Å². The summed E-state index contributed by atoms with van der Waals surface area (Å²) in [6.45, 7) is 4.09. The molecule has 0 bridgehead atoms. The van der Waals surface area contributed by atoms with Crippen LogP contribution in [0.25, 0.3) is 11.3 Å². The van der Waals surface area contributed by atoms with Crippen LogP contribution in [-0.2, 0) is 7.05 Å². The van der Waals surface area contributed by atoms with E-state index in [4.69, 9.17) is 0 Å². The normalized spacial score (nSPS) is 10.4. The summed E-state index contributed by atoms with van der Waals surface area (Å²) >= 11 is 0. The fourth-order valence-corrected chi connectivity index (χ4v) is 1.74. The molecule has 2 rings (SSSR count). The van der Waals surface area contributed by atoms with E-state index in [2.05, 4.69) is 23.3 Å². The van der Waals surface area contributed by atoms with Crippen LogP contribution in [0.2, 0.25) is 0 Å². The molecule has 0 fully saturated rings. The van der Waals surface area contributed by atoms with E-state index in [0.29, 0.717) is 5.69 Å². The van der Waals surface area contributed by atoms with Crippen LogP contribution in [0.15, 0.2) is 24.3 Å². The molecule has 0 amide bonds. The van der Waals surface area contributed by atoms with Crippen LogP contribution >= 0.6 is 0 Å². The summed E-state index contributed by atoms with van der Waals surface area (Å²) in [5.74, 6) is 0. The molecule has 0 unspecified atom stereocenters. The molecular weight excluding hydrogens is 200 g/mol. The van der Waals surface area contributed by atoms with Crippen LogP contribution in [0.3, 0.4) is 0 Å². The highest BCUT2D eigenvalue weighted by Gasteiger charge is 2.08. The summed E-state index contributed by atoms with van der Waals surface area (Å²) in [7, 11) is 1.78. The van der Waals surface area contributed by atoms with E-state index in [1.54, 1.807) is 11.7 Å². The molecule has 1 heterocycles. The first-order chi connectivity index (χ1) is 7.61. The Kier molecular flexibility index (Phi) is 2.60. The van der Waals surface area contributed by atoms with Crippen molar-refractivity contribution in [2.45, 2.75) is 13.8 Å². The Morgan fingerprint density at radius 3 is 2.62 bits per heavy atom. The van der Waals surface area contributed by atoms with E-state index in [0.717, 1.165) is 17.5 Å². The molecule has 0 saturated carbocycles. The average Bonchev–Trinajstić information content (AvgIpc) is 2.63. The molecule has 2 aromatic rings. The Hall–Kier alpha value is -1.90. The molecule has 0 saturated heterocycles. The second-order valence-electron chi connectivity index (χ2n) is 4.01. The molecule has 0 atom stereocenters. The number of carbonyl (C=O) groups is 1. The first-order valence-corrected chi connectivity index (χ1v) is 5.18. The van der Waals surface area contributed by atoms with Crippen LogP contribution in [0.1, 0.15) is 21.6 Å². The number of aromatic nitrogens is 2. The van der Waals surface area contributed by atoms with Gasteiger partial charge in [0, 0.05) is 12.6 Å². The molecular formula is C13H14N2O. The van der Waals surface area contributed by atoms with Crippen molar-refractivity contribution in [3.63, 3.8) is 0 Å². The van der Waals surface area contributed by atoms with Gasteiger partial charge in [-0.1, -0.05) is 17.7 Å². The number of hydrogen-bond acceptors (Lipinski definition) is 2. The third-order valence-corrected chi connectivity index (χ3v) is 2.71. The molecule has 0 radical (unpaired) electrons. The van der Waals surface area contributed by atoms with Gasteiger partial charge in [-0.25, -0.2) is 0 Å². The minimum atomic E-state index is 0.593. The van der Waals surface area contributed by atoms with E-state index < -0.39 is 0 Å². The van der Waals surface area contributed by atoms with Gasteiger partial charge in [0.2, 0.25) is 0 Å². The van der Waals surface area contributed by atoms with Crippen molar-refractivity contribution < 1.29 is 4.79 Å². The molecule has 0 aliphatic heterocycles. The highest BCUT2D eigenvalue weighted by molar-refractivity contribution is 5.76. The predicted octanol–water partition coefficient (Wildman–Crippen LogP) is 2.52. The van der Waals surface area contributed by atoms with Crippen molar-refractivity contribution in [3.8, 4) is 11.3 Å². The quantitative estimate of drug-likeness (QED) is 0.720. The Bertz CT molecular complexity index is 541. The topological polar surface area (TPSA) is 34.9 Å². The van der Waals surface area contributed by atoms with Gasteiger partial charge in [-0.15, -0.1) is 0 Å². The molecule has 16 heavy (non-hydrogen) atoms. The summed E-state index contributed by atoms with van der Waals surface area (Å²) in [6, 6.07) is 8.05. The van der Waals surface area contributed by atoms with Crippen molar-refractivity contribution in [1.29, 1.82) is 0 Å². The van der Waals surface area contributed by atoms with Gasteiger partial charge in [-0.3, -0.25) is 9.48 Å². The fraction of sp³-hybridized carbons (Fsp3) is 0.231. The number of carbonyl (C=O) groups excluding carboxylic acids is 1. The lowest BCUT2D eigenvalue weighted by atomic mass is 10.0. The lowest BCUT2D eigenvalue weighted by molar-refractivity contribution is 0.111. The fourth-order valence-electron chi connectivity index (χ4n) is 1.74. The summed E-state index contributed by atoms with van der Waals surface area (Å²) in [6.07, 6.45) is 0.821. The second kappa shape index (κ2) is 3.93. The molecule has 1 aromatic heterocycles. The maximum absolute atomic E-state index is 10.8. The van der Waals surface area contributed by atoms with Gasteiger partial charge in [0.05, 0.1) is 5.69 Å². The first kappa shape index (κ1) is 10.6. The molecule has 0 aliphatic carbocycles. The van der Waals surface area contributed by atoms with Crippen molar-refractivity contribution in [1.82, 2.24) is 9.78 Å². The Labute approximate surface area is 94.7 Å². The zero-order chi connectivity index (χ0) is 11.7. The van der Waals surface area contributed by atoms with Gasteiger partial charge in [0.1, 0.15) is 5.69 Å². The number of hydrogen-bond donors (Lipinski definition) is 0. The highest BCUT2D eigenvalue weighted by atomic mass is 16.1. The standard InChI is InChI=1S/C13H14N2O/c1-9-4-5-10(2)12(6-9)13-7-11(8-16)15(3)14-13/h4-8H,1-3H3. The van der Waals surface area contributed by atoms with E-state index in [9.17, 15) is 4.79 Å². The summed E-state index contributed by atoms with van der Waals surface area (Å²) in [5, 5.41) is 4.34. The van der Waals surface area contributed by atoms with Gasteiger partial charge in [0.25, 0.3) is 0 Å². The van der Waals surface area contributed by atoms with Gasteiger partial charge in [-0.05, 0) is 31.5 Å². The average molecular weight is 214 g/mol. The zero-order valence-corrected chi connectivity index (χ0v) is 9.69. The Morgan fingerprint density at radius 1 is 1.25 bits per heavy atom. The van der Waals surface area contributed by atoms with E-state index >= 15 is 0 Å². The minimum absolute atomic E-state index is 0.593. The third-order valence-electron chi connectivity index (χ3n) is 2.71.